The minimum absolute atomic E-state index is 0.784. The number of halogens is 1. The van der Waals surface area contributed by atoms with Crippen molar-refractivity contribution in [1.82, 2.24) is 0 Å². The van der Waals surface area contributed by atoms with Crippen molar-refractivity contribution < 1.29 is 9.47 Å². The van der Waals surface area contributed by atoms with Gasteiger partial charge < -0.3 is 9.47 Å². The highest BCUT2D eigenvalue weighted by molar-refractivity contribution is 9.10. The Labute approximate surface area is 138 Å². The maximum absolute atomic E-state index is 5.81. The Kier molecular flexibility index (Phi) is 10.4. The third kappa shape index (κ3) is 9.02. The first-order valence-corrected chi connectivity index (χ1v) is 9.11. The van der Waals surface area contributed by atoms with Crippen molar-refractivity contribution in [2.24, 2.45) is 0 Å². The highest BCUT2D eigenvalue weighted by atomic mass is 79.9. The van der Waals surface area contributed by atoms with E-state index in [4.69, 9.17) is 9.47 Å². The lowest BCUT2D eigenvalue weighted by molar-refractivity contribution is 0.290. The molecule has 0 saturated carbocycles. The third-order valence-corrected chi connectivity index (χ3v) is 3.84. The molecule has 0 spiro atoms. The van der Waals surface area contributed by atoms with E-state index in [1.165, 1.54) is 38.5 Å². The van der Waals surface area contributed by atoms with Crippen LogP contribution in [-0.4, -0.2) is 13.2 Å². The summed E-state index contributed by atoms with van der Waals surface area (Å²) in [6.45, 7) is 6.01. The fourth-order valence-corrected chi connectivity index (χ4v) is 2.59. The van der Waals surface area contributed by atoms with Gasteiger partial charge in [-0.05, 0) is 25.0 Å². The van der Waals surface area contributed by atoms with E-state index in [9.17, 15) is 0 Å². The Bertz CT molecular complexity index is 347. The van der Waals surface area contributed by atoms with Crippen LogP contribution < -0.4 is 9.47 Å². The zero-order valence-electron chi connectivity index (χ0n) is 13.5. The lowest BCUT2D eigenvalue weighted by Crippen LogP contribution is -2.00. The molecule has 1 rings (SSSR count). The maximum Gasteiger partial charge on any atom is 0.124 e. The molecular weight excluding hydrogens is 328 g/mol. The van der Waals surface area contributed by atoms with Gasteiger partial charge in [0.1, 0.15) is 11.5 Å². The largest absolute Gasteiger partial charge is 0.493 e. The Balaban J connectivity index is 2.32. The zero-order valence-corrected chi connectivity index (χ0v) is 15.1. The third-order valence-electron chi connectivity index (χ3n) is 3.38. The summed E-state index contributed by atoms with van der Waals surface area (Å²) in [5.41, 5.74) is 0. The summed E-state index contributed by atoms with van der Waals surface area (Å²) in [6, 6.07) is 6.00. The van der Waals surface area contributed by atoms with Crippen LogP contribution in [0, 0.1) is 0 Å². The molecule has 0 bridgehead atoms. The van der Waals surface area contributed by atoms with Crippen LogP contribution in [0.3, 0.4) is 0 Å². The van der Waals surface area contributed by atoms with E-state index in [2.05, 4.69) is 29.8 Å². The lowest BCUT2D eigenvalue weighted by atomic mass is 10.2. The molecule has 0 aliphatic rings. The van der Waals surface area contributed by atoms with Gasteiger partial charge in [-0.15, -0.1) is 0 Å². The number of hydrogen-bond acceptors (Lipinski definition) is 2. The van der Waals surface area contributed by atoms with Gasteiger partial charge >= 0.3 is 0 Å². The highest BCUT2D eigenvalue weighted by Gasteiger charge is 2.02. The molecule has 0 saturated heterocycles. The van der Waals surface area contributed by atoms with Crippen molar-refractivity contribution in [3.8, 4) is 11.5 Å². The van der Waals surface area contributed by atoms with Crippen LogP contribution in [0.1, 0.15) is 65.2 Å². The van der Waals surface area contributed by atoms with E-state index in [0.29, 0.717) is 0 Å². The number of hydrogen-bond donors (Lipinski definition) is 0. The van der Waals surface area contributed by atoms with Crippen molar-refractivity contribution in [3.63, 3.8) is 0 Å². The minimum atomic E-state index is 0.784. The van der Waals surface area contributed by atoms with E-state index >= 15 is 0 Å². The first-order valence-electron chi connectivity index (χ1n) is 8.32. The summed E-state index contributed by atoms with van der Waals surface area (Å²) in [7, 11) is 0. The van der Waals surface area contributed by atoms with Gasteiger partial charge in [0.2, 0.25) is 0 Å². The van der Waals surface area contributed by atoms with Crippen LogP contribution in [0.25, 0.3) is 0 Å². The van der Waals surface area contributed by atoms with Gasteiger partial charge in [0.15, 0.2) is 0 Å². The van der Waals surface area contributed by atoms with Crippen molar-refractivity contribution >= 4 is 15.9 Å². The van der Waals surface area contributed by atoms with Crippen LogP contribution in [0.15, 0.2) is 22.7 Å². The second-order valence-electron chi connectivity index (χ2n) is 5.44. The highest BCUT2D eigenvalue weighted by Crippen LogP contribution is 2.26. The van der Waals surface area contributed by atoms with Gasteiger partial charge in [0.05, 0.1) is 13.2 Å². The van der Waals surface area contributed by atoms with E-state index in [1.54, 1.807) is 0 Å². The average molecular weight is 357 g/mol. The Morgan fingerprint density at radius 2 is 1.19 bits per heavy atom. The average Bonchev–Trinajstić information content (AvgIpc) is 2.46. The van der Waals surface area contributed by atoms with E-state index in [-0.39, 0.29) is 0 Å². The number of unbranched alkanes of at least 4 members (excludes halogenated alkanes) is 6. The molecule has 21 heavy (non-hydrogen) atoms. The summed E-state index contributed by atoms with van der Waals surface area (Å²) in [4.78, 5) is 0. The van der Waals surface area contributed by atoms with Crippen LogP contribution in [-0.2, 0) is 0 Å². The Morgan fingerprint density at radius 1 is 0.714 bits per heavy atom. The molecule has 0 fully saturated rings. The lowest BCUT2D eigenvalue weighted by Gasteiger charge is -2.10. The standard InChI is InChI=1S/C18H29BrO2/c1-3-5-7-9-11-20-17-13-16(19)14-18(15-17)21-12-10-8-6-4-2/h13-15H,3-12H2,1-2H3. The molecule has 3 heteroatoms. The zero-order chi connectivity index (χ0) is 15.3. The molecule has 0 aliphatic carbocycles. The van der Waals surface area contributed by atoms with Gasteiger partial charge in [0.25, 0.3) is 0 Å². The molecule has 1 aromatic rings. The molecule has 0 radical (unpaired) electrons. The normalized spacial score (nSPS) is 10.6. The maximum atomic E-state index is 5.81. The van der Waals surface area contributed by atoms with E-state index in [1.807, 2.05) is 18.2 Å². The van der Waals surface area contributed by atoms with Gasteiger partial charge in [-0.25, -0.2) is 0 Å². The molecule has 2 nitrogen and oxygen atoms in total. The molecule has 0 heterocycles. The quantitative estimate of drug-likeness (QED) is 0.405. The van der Waals surface area contributed by atoms with Gasteiger partial charge in [-0.2, -0.15) is 0 Å². The molecule has 0 unspecified atom stereocenters. The van der Waals surface area contributed by atoms with Crippen LogP contribution in [0.5, 0.6) is 11.5 Å². The molecular formula is C18H29BrO2. The fraction of sp³-hybridized carbons (Fsp3) is 0.667. The summed E-state index contributed by atoms with van der Waals surface area (Å²) < 4.78 is 12.6. The second kappa shape index (κ2) is 11.9. The van der Waals surface area contributed by atoms with Crippen LogP contribution in [0.4, 0.5) is 0 Å². The van der Waals surface area contributed by atoms with E-state index < -0.39 is 0 Å². The molecule has 120 valence electrons. The summed E-state index contributed by atoms with van der Waals surface area (Å²) >= 11 is 3.52. The fourth-order valence-electron chi connectivity index (χ4n) is 2.14. The van der Waals surface area contributed by atoms with Crippen molar-refractivity contribution in [1.29, 1.82) is 0 Å². The monoisotopic (exact) mass is 356 g/mol. The predicted octanol–water partition coefficient (Wildman–Crippen LogP) is 6.37. The van der Waals surface area contributed by atoms with Crippen molar-refractivity contribution in [2.75, 3.05) is 13.2 Å². The van der Waals surface area contributed by atoms with E-state index in [0.717, 1.165) is 42.0 Å². The van der Waals surface area contributed by atoms with Gasteiger partial charge in [0, 0.05) is 10.5 Å². The van der Waals surface area contributed by atoms with Crippen molar-refractivity contribution in [3.05, 3.63) is 22.7 Å². The number of ether oxygens (including phenoxy) is 2. The Hall–Kier alpha value is -0.700. The van der Waals surface area contributed by atoms with Crippen LogP contribution in [0.2, 0.25) is 0 Å². The SMILES string of the molecule is CCCCCCOc1cc(Br)cc(OCCCCCC)c1. The number of benzene rings is 1. The van der Waals surface area contributed by atoms with Crippen molar-refractivity contribution in [2.45, 2.75) is 65.2 Å². The molecule has 0 aliphatic heterocycles. The van der Waals surface area contributed by atoms with Gasteiger partial charge in [-0.3, -0.25) is 0 Å². The molecule has 0 atom stereocenters. The molecule has 0 N–H and O–H groups in total. The smallest absolute Gasteiger partial charge is 0.124 e. The first kappa shape index (κ1) is 18.3. The summed E-state index contributed by atoms with van der Waals surface area (Å²) in [5, 5.41) is 0. The minimum Gasteiger partial charge on any atom is -0.493 e. The topological polar surface area (TPSA) is 18.5 Å². The molecule has 1 aromatic carbocycles. The molecule has 0 amide bonds. The summed E-state index contributed by atoms with van der Waals surface area (Å²) in [6.07, 6.45) is 9.81. The van der Waals surface area contributed by atoms with Gasteiger partial charge in [-0.1, -0.05) is 68.3 Å². The second-order valence-corrected chi connectivity index (χ2v) is 6.36. The molecule has 0 aromatic heterocycles. The Morgan fingerprint density at radius 3 is 1.62 bits per heavy atom. The first-order chi connectivity index (χ1) is 10.3. The predicted molar refractivity (Wildman–Crippen MR) is 93.4 cm³/mol. The number of rotatable bonds is 12. The van der Waals surface area contributed by atoms with Crippen LogP contribution >= 0.6 is 15.9 Å². The summed E-state index contributed by atoms with van der Waals surface area (Å²) in [5.74, 6) is 1.79.